The molecule has 1 aromatic heterocycles. The van der Waals surface area contributed by atoms with E-state index in [4.69, 9.17) is 5.73 Å². The first-order valence-corrected chi connectivity index (χ1v) is 9.34. The lowest BCUT2D eigenvalue weighted by molar-refractivity contribution is 0.359. The topological polar surface area (TPSA) is 38.0 Å². The van der Waals surface area contributed by atoms with Crippen molar-refractivity contribution in [2.24, 2.45) is 23.5 Å². The zero-order valence-electron chi connectivity index (χ0n) is 13.7. The molecule has 2 aliphatic rings. The quantitative estimate of drug-likeness (QED) is 0.797. The molecular weight excluding hydrogens is 276 g/mol. The van der Waals surface area contributed by atoms with Gasteiger partial charge in [-0.05, 0) is 67.5 Å². The van der Waals surface area contributed by atoms with Crippen molar-refractivity contribution in [2.75, 3.05) is 13.1 Å². The summed E-state index contributed by atoms with van der Waals surface area (Å²) in [4.78, 5) is 2.87. The van der Waals surface area contributed by atoms with Gasteiger partial charge in [0.25, 0.3) is 0 Å². The summed E-state index contributed by atoms with van der Waals surface area (Å²) in [5, 5.41) is 3.78. The number of nitrogens with two attached hydrogens (primary N) is 1. The van der Waals surface area contributed by atoms with Crippen LogP contribution < -0.4 is 11.1 Å². The van der Waals surface area contributed by atoms with E-state index in [1.807, 2.05) is 11.3 Å². The monoisotopic (exact) mass is 306 g/mol. The predicted octanol–water partition coefficient (Wildman–Crippen LogP) is 4.07. The Bertz CT molecular complexity index is 454. The molecule has 0 amide bonds. The Balaban J connectivity index is 1.60. The molecule has 0 radical (unpaired) electrons. The van der Waals surface area contributed by atoms with Crippen molar-refractivity contribution in [1.82, 2.24) is 5.32 Å². The van der Waals surface area contributed by atoms with E-state index in [0.717, 1.165) is 17.8 Å². The highest BCUT2D eigenvalue weighted by Crippen LogP contribution is 2.49. The minimum Gasteiger partial charge on any atom is -0.329 e. The van der Waals surface area contributed by atoms with Gasteiger partial charge in [-0.1, -0.05) is 20.8 Å². The third kappa shape index (κ3) is 3.88. The molecular formula is C18H30N2S. The Morgan fingerprint density at radius 3 is 2.24 bits per heavy atom. The fourth-order valence-electron chi connectivity index (χ4n) is 3.29. The van der Waals surface area contributed by atoms with Gasteiger partial charge in [0.15, 0.2) is 0 Å². The summed E-state index contributed by atoms with van der Waals surface area (Å²) in [6.07, 6.45) is 5.85. The second-order valence-corrected chi connectivity index (χ2v) is 9.10. The molecule has 1 aromatic rings. The molecule has 2 nitrogen and oxygen atoms in total. The van der Waals surface area contributed by atoms with Gasteiger partial charge in [-0.2, -0.15) is 0 Å². The minimum atomic E-state index is 0.243. The fraction of sp³-hybridized carbons (Fsp3) is 0.778. The van der Waals surface area contributed by atoms with Crippen LogP contribution >= 0.6 is 11.3 Å². The third-order valence-corrected chi connectivity index (χ3v) is 6.62. The van der Waals surface area contributed by atoms with Gasteiger partial charge in [-0.3, -0.25) is 0 Å². The highest BCUT2D eigenvalue weighted by Gasteiger charge is 2.41. The Labute approximate surface area is 133 Å². The molecule has 0 spiro atoms. The summed E-state index contributed by atoms with van der Waals surface area (Å²) in [6.45, 7) is 8.71. The molecule has 1 heterocycles. The Hall–Kier alpha value is -0.380. The number of nitrogens with one attached hydrogen (secondary N) is 1. The first-order valence-electron chi connectivity index (χ1n) is 8.52. The second-order valence-electron chi connectivity index (χ2n) is 7.99. The normalized spacial score (nSPS) is 21.0. The maximum Gasteiger partial charge on any atom is 0.0539 e. The van der Waals surface area contributed by atoms with Gasteiger partial charge < -0.3 is 11.1 Å². The van der Waals surface area contributed by atoms with Gasteiger partial charge in [0.1, 0.15) is 0 Å². The van der Waals surface area contributed by atoms with E-state index in [9.17, 15) is 0 Å². The lowest BCUT2D eigenvalue weighted by atomic mass is 9.95. The van der Waals surface area contributed by atoms with Crippen LogP contribution in [0.5, 0.6) is 0 Å². The van der Waals surface area contributed by atoms with Gasteiger partial charge >= 0.3 is 0 Å². The fourth-order valence-corrected chi connectivity index (χ4v) is 4.44. The summed E-state index contributed by atoms with van der Waals surface area (Å²) in [5.41, 5.74) is 6.28. The van der Waals surface area contributed by atoms with E-state index in [1.165, 1.54) is 42.0 Å². The van der Waals surface area contributed by atoms with Crippen molar-refractivity contribution in [1.29, 1.82) is 0 Å². The van der Waals surface area contributed by atoms with Gasteiger partial charge in [-0.25, -0.2) is 0 Å². The molecule has 3 rings (SSSR count). The van der Waals surface area contributed by atoms with Crippen LogP contribution in [0.25, 0.3) is 0 Å². The second kappa shape index (κ2) is 6.02. The maximum absolute atomic E-state index is 6.04. The molecule has 0 saturated heterocycles. The van der Waals surface area contributed by atoms with Crippen LogP contribution in [0.2, 0.25) is 0 Å². The molecule has 0 aromatic carbocycles. The smallest absolute Gasteiger partial charge is 0.0539 e. The Kier molecular flexibility index (Phi) is 4.45. The van der Waals surface area contributed by atoms with E-state index < -0.39 is 0 Å². The highest BCUT2D eigenvalue weighted by atomic mass is 32.1. The lowest BCUT2D eigenvalue weighted by Gasteiger charge is -2.22. The average Bonchev–Trinajstić information content (AvgIpc) is 3.34. The summed E-state index contributed by atoms with van der Waals surface area (Å²) in [7, 11) is 0. The molecule has 3 N–H and O–H groups in total. The van der Waals surface area contributed by atoms with Gasteiger partial charge in [0.05, 0.1) is 6.04 Å². The van der Waals surface area contributed by atoms with Gasteiger partial charge in [-0.15, -0.1) is 11.3 Å². The number of hydrogen-bond donors (Lipinski definition) is 2. The van der Waals surface area contributed by atoms with Crippen LogP contribution in [-0.4, -0.2) is 13.1 Å². The van der Waals surface area contributed by atoms with Gasteiger partial charge in [0, 0.05) is 16.3 Å². The third-order valence-electron chi connectivity index (χ3n) is 5.00. The van der Waals surface area contributed by atoms with Crippen molar-refractivity contribution >= 4 is 11.3 Å². The molecule has 2 saturated carbocycles. The number of thiophene rings is 1. The van der Waals surface area contributed by atoms with Crippen molar-refractivity contribution in [3.05, 3.63) is 21.9 Å². The predicted molar refractivity (Wildman–Crippen MR) is 91.8 cm³/mol. The SMILES string of the molecule is CC(C)(C)c1ccc(C(CN)NCC(C2CC2)C2CC2)s1. The van der Waals surface area contributed by atoms with Crippen molar-refractivity contribution in [3.8, 4) is 0 Å². The standard InChI is InChI=1S/C18H30N2S/c1-18(2,3)17-9-8-16(21-17)15(10-19)20-11-14(12-4-5-12)13-6-7-13/h8-9,12-15,20H,4-7,10-11,19H2,1-3H3. The largest absolute Gasteiger partial charge is 0.329 e. The van der Waals surface area contributed by atoms with Crippen LogP contribution in [-0.2, 0) is 5.41 Å². The van der Waals surface area contributed by atoms with Crippen LogP contribution in [0.4, 0.5) is 0 Å². The lowest BCUT2D eigenvalue weighted by Crippen LogP contribution is -2.33. The zero-order valence-corrected chi connectivity index (χ0v) is 14.5. The van der Waals surface area contributed by atoms with E-state index in [-0.39, 0.29) is 5.41 Å². The Morgan fingerprint density at radius 2 is 1.81 bits per heavy atom. The minimum absolute atomic E-state index is 0.243. The van der Waals surface area contributed by atoms with Crippen LogP contribution in [0, 0.1) is 17.8 Å². The number of hydrogen-bond acceptors (Lipinski definition) is 3. The molecule has 2 fully saturated rings. The van der Waals surface area contributed by atoms with E-state index in [2.05, 4.69) is 38.2 Å². The molecule has 1 unspecified atom stereocenters. The van der Waals surface area contributed by atoms with E-state index in [0.29, 0.717) is 12.6 Å². The summed E-state index contributed by atoms with van der Waals surface area (Å²) < 4.78 is 0. The van der Waals surface area contributed by atoms with Crippen molar-refractivity contribution < 1.29 is 0 Å². The van der Waals surface area contributed by atoms with Crippen LogP contribution in [0.15, 0.2) is 12.1 Å². The summed E-state index contributed by atoms with van der Waals surface area (Å²) >= 11 is 1.93. The van der Waals surface area contributed by atoms with Crippen molar-refractivity contribution in [2.45, 2.75) is 57.9 Å². The maximum atomic E-state index is 6.04. The van der Waals surface area contributed by atoms with E-state index in [1.54, 1.807) is 0 Å². The average molecular weight is 307 g/mol. The molecule has 0 aliphatic heterocycles. The first kappa shape index (κ1) is 15.5. The van der Waals surface area contributed by atoms with E-state index >= 15 is 0 Å². The molecule has 21 heavy (non-hydrogen) atoms. The first-order chi connectivity index (χ1) is 9.99. The highest BCUT2D eigenvalue weighted by molar-refractivity contribution is 7.12. The molecule has 2 aliphatic carbocycles. The Morgan fingerprint density at radius 1 is 1.19 bits per heavy atom. The number of rotatable bonds is 7. The molecule has 118 valence electrons. The molecule has 0 bridgehead atoms. The summed E-state index contributed by atoms with van der Waals surface area (Å²) in [5.74, 6) is 2.94. The van der Waals surface area contributed by atoms with Crippen molar-refractivity contribution in [3.63, 3.8) is 0 Å². The molecule has 3 heteroatoms. The van der Waals surface area contributed by atoms with Crippen LogP contribution in [0.3, 0.4) is 0 Å². The van der Waals surface area contributed by atoms with Crippen LogP contribution in [0.1, 0.15) is 62.3 Å². The molecule has 1 atom stereocenters. The summed E-state index contributed by atoms with van der Waals surface area (Å²) in [6, 6.07) is 4.90. The zero-order chi connectivity index (χ0) is 15.0. The van der Waals surface area contributed by atoms with Gasteiger partial charge in [0.2, 0.25) is 0 Å².